The summed E-state index contributed by atoms with van der Waals surface area (Å²) in [6, 6.07) is 7.62. The van der Waals surface area contributed by atoms with Gasteiger partial charge in [0.25, 0.3) is 0 Å². The van der Waals surface area contributed by atoms with E-state index >= 15 is 0 Å². The Hall–Kier alpha value is -2.45. The van der Waals surface area contributed by atoms with Crippen molar-refractivity contribution < 1.29 is 8.42 Å². The highest BCUT2D eigenvalue weighted by atomic mass is 32.2. The fraction of sp³-hybridized carbons (Fsp3) is 0.400. The van der Waals surface area contributed by atoms with Crippen molar-refractivity contribution in [2.45, 2.75) is 25.1 Å². The molecule has 1 aliphatic heterocycles. The Labute approximate surface area is 165 Å². The largest absolute Gasteiger partial charge is 0.369 e. The van der Waals surface area contributed by atoms with Gasteiger partial charge in [0.2, 0.25) is 10.0 Å². The Morgan fingerprint density at radius 2 is 2.00 bits per heavy atom. The first kappa shape index (κ1) is 18.9. The minimum Gasteiger partial charge on any atom is -0.369 e. The number of pyridine rings is 2. The van der Waals surface area contributed by atoms with E-state index < -0.39 is 10.0 Å². The Morgan fingerprint density at radius 3 is 2.79 bits per heavy atom. The van der Waals surface area contributed by atoms with Gasteiger partial charge < -0.3 is 9.88 Å². The van der Waals surface area contributed by atoms with Crippen LogP contribution in [0.2, 0.25) is 0 Å². The average molecular weight is 400 g/mol. The molecule has 148 valence electrons. The molecular weight excluding hydrogens is 374 g/mol. The van der Waals surface area contributed by atoms with Gasteiger partial charge in [0.05, 0.1) is 5.75 Å². The SMILES string of the molecule is CC1CCN(S(=O)(=O)Cc2ccncc2)CC1N(C)c1ccnc2[nH]ccc12. The molecule has 3 aromatic rings. The van der Waals surface area contributed by atoms with E-state index in [1.165, 1.54) is 0 Å². The third-order valence-corrected chi connectivity index (χ3v) is 7.50. The van der Waals surface area contributed by atoms with Crippen molar-refractivity contribution >= 4 is 26.7 Å². The summed E-state index contributed by atoms with van der Waals surface area (Å²) in [4.78, 5) is 13.7. The van der Waals surface area contributed by atoms with Crippen LogP contribution in [0.4, 0.5) is 5.69 Å². The molecule has 0 aliphatic carbocycles. The lowest BCUT2D eigenvalue weighted by Gasteiger charge is -2.42. The number of fused-ring (bicyclic) bond motifs is 1. The van der Waals surface area contributed by atoms with Gasteiger partial charge in [0.15, 0.2) is 0 Å². The molecule has 1 saturated heterocycles. The highest BCUT2D eigenvalue weighted by Gasteiger charge is 2.35. The van der Waals surface area contributed by atoms with Gasteiger partial charge in [-0.15, -0.1) is 0 Å². The topological polar surface area (TPSA) is 82.2 Å². The number of aromatic amines is 1. The van der Waals surface area contributed by atoms with Crippen LogP contribution in [0.1, 0.15) is 18.9 Å². The molecule has 4 heterocycles. The number of hydrogen-bond donors (Lipinski definition) is 1. The van der Waals surface area contributed by atoms with Crippen molar-refractivity contribution in [2.75, 3.05) is 25.0 Å². The Kier molecular flexibility index (Phi) is 5.07. The standard InChI is InChI=1S/C20H25N5O2S/c1-15-7-12-25(28(26,27)14-16-3-8-21-9-4-16)13-19(15)24(2)18-6-11-23-20-17(18)5-10-22-20/h3-6,8-11,15,19H,7,12-14H2,1-2H3,(H,22,23). The number of hydrogen-bond acceptors (Lipinski definition) is 5. The van der Waals surface area contributed by atoms with Gasteiger partial charge in [-0.25, -0.2) is 13.4 Å². The van der Waals surface area contributed by atoms with Gasteiger partial charge in [0, 0.05) is 62.0 Å². The van der Waals surface area contributed by atoms with E-state index in [1.807, 2.05) is 25.4 Å². The zero-order chi connectivity index (χ0) is 19.7. The van der Waals surface area contributed by atoms with Crippen molar-refractivity contribution in [1.82, 2.24) is 19.3 Å². The number of likely N-dealkylation sites (N-methyl/N-ethyl adjacent to an activating group) is 1. The average Bonchev–Trinajstić information content (AvgIpc) is 3.17. The summed E-state index contributed by atoms with van der Waals surface area (Å²) in [5.41, 5.74) is 2.67. The van der Waals surface area contributed by atoms with Crippen molar-refractivity contribution in [1.29, 1.82) is 0 Å². The third kappa shape index (κ3) is 3.62. The van der Waals surface area contributed by atoms with Crippen LogP contribution < -0.4 is 4.90 Å². The Morgan fingerprint density at radius 1 is 1.21 bits per heavy atom. The molecule has 0 bridgehead atoms. The highest BCUT2D eigenvalue weighted by molar-refractivity contribution is 7.88. The van der Waals surface area contributed by atoms with Gasteiger partial charge in [-0.3, -0.25) is 4.98 Å². The fourth-order valence-electron chi connectivity index (χ4n) is 3.99. The van der Waals surface area contributed by atoms with Crippen LogP contribution in [0.25, 0.3) is 11.0 Å². The van der Waals surface area contributed by atoms with Crippen LogP contribution >= 0.6 is 0 Å². The summed E-state index contributed by atoms with van der Waals surface area (Å²) >= 11 is 0. The van der Waals surface area contributed by atoms with Crippen LogP contribution in [0.5, 0.6) is 0 Å². The molecule has 0 spiro atoms. The van der Waals surface area contributed by atoms with Crippen LogP contribution in [0.15, 0.2) is 49.1 Å². The highest BCUT2D eigenvalue weighted by Crippen LogP contribution is 2.31. The molecule has 1 N–H and O–H groups in total. The predicted octanol–water partition coefficient (Wildman–Crippen LogP) is 2.63. The molecule has 0 aromatic carbocycles. The minimum atomic E-state index is -3.38. The molecule has 0 amide bonds. The van der Waals surface area contributed by atoms with Crippen LogP contribution in [-0.4, -0.2) is 53.9 Å². The van der Waals surface area contributed by atoms with E-state index in [4.69, 9.17) is 0 Å². The second-order valence-electron chi connectivity index (χ2n) is 7.48. The smallest absolute Gasteiger partial charge is 0.218 e. The second kappa shape index (κ2) is 7.52. The van der Waals surface area contributed by atoms with Gasteiger partial charge in [-0.1, -0.05) is 6.92 Å². The van der Waals surface area contributed by atoms with E-state index in [0.29, 0.717) is 19.0 Å². The van der Waals surface area contributed by atoms with E-state index in [9.17, 15) is 8.42 Å². The van der Waals surface area contributed by atoms with Crippen LogP contribution in [-0.2, 0) is 15.8 Å². The first-order chi connectivity index (χ1) is 13.5. The molecule has 2 atom stereocenters. The number of sulfonamides is 1. The molecule has 4 rings (SSSR count). The third-order valence-electron chi connectivity index (χ3n) is 5.69. The summed E-state index contributed by atoms with van der Waals surface area (Å²) in [6.07, 6.45) is 7.77. The number of aromatic nitrogens is 3. The van der Waals surface area contributed by atoms with Crippen molar-refractivity contribution in [3.8, 4) is 0 Å². The number of H-pyrrole nitrogens is 1. The molecule has 8 heteroatoms. The first-order valence-corrected chi connectivity index (χ1v) is 11.1. The number of nitrogens with one attached hydrogen (secondary N) is 1. The van der Waals surface area contributed by atoms with Gasteiger partial charge in [0.1, 0.15) is 5.65 Å². The lowest BCUT2D eigenvalue weighted by atomic mass is 9.93. The molecule has 2 unspecified atom stereocenters. The quantitative estimate of drug-likeness (QED) is 0.713. The summed E-state index contributed by atoms with van der Waals surface area (Å²) in [5, 5.41) is 1.05. The number of nitrogens with zero attached hydrogens (tertiary/aromatic N) is 4. The van der Waals surface area contributed by atoms with E-state index in [-0.39, 0.29) is 11.8 Å². The zero-order valence-electron chi connectivity index (χ0n) is 16.1. The second-order valence-corrected chi connectivity index (χ2v) is 9.45. The Balaban J connectivity index is 1.57. The maximum absolute atomic E-state index is 13.0. The monoisotopic (exact) mass is 399 g/mol. The summed E-state index contributed by atoms with van der Waals surface area (Å²) in [7, 11) is -1.34. The maximum Gasteiger partial charge on any atom is 0.218 e. The lowest BCUT2D eigenvalue weighted by Crippen LogP contribution is -2.52. The Bertz CT molecular complexity index is 1050. The zero-order valence-corrected chi connectivity index (χ0v) is 16.9. The summed E-state index contributed by atoms with van der Waals surface area (Å²) < 4.78 is 27.7. The number of anilines is 1. The first-order valence-electron chi connectivity index (χ1n) is 9.47. The lowest BCUT2D eigenvalue weighted by molar-refractivity contribution is 0.247. The number of piperidine rings is 1. The number of rotatable bonds is 5. The molecule has 3 aromatic heterocycles. The van der Waals surface area contributed by atoms with E-state index in [2.05, 4.69) is 26.8 Å². The van der Waals surface area contributed by atoms with E-state index in [1.54, 1.807) is 35.0 Å². The molecule has 28 heavy (non-hydrogen) atoms. The van der Waals surface area contributed by atoms with Crippen LogP contribution in [0, 0.1) is 5.92 Å². The molecule has 1 aliphatic rings. The minimum absolute atomic E-state index is 0.0116. The van der Waals surface area contributed by atoms with Gasteiger partial charge in [-0.05, 0) is 42.2 Å². The van der Waals surface area contributed by atoms with Gasteiger partial charge in [-0.2, -0.15) is 4.31 Å². The predicted molar refractivity (Wildman–Crippen MR) is 110 cm³/mol. The van der Waals surface area contributed by atoms with Gasteiger partial charge >= 0.3 is 0 Å². The molecule has 0 radical (unpaired) electrons. The molecule has 7 nitrogen and oxygen atoms in total. The maximum atomic E-state index is 13.0. The van der Waals surface area contributed by atoms with Crippen molar-refractivity contribution in [3.63, 3.8) is 0 Å². The normalized spacial score (nSPS) is 21.1. The van der Waals surface area contributed by atoms with Crippen molar-refractivity contribution in [2.24, 2.45) is 5.92 Å². The molecule has 1 fully saturated rings. The summed E-state index contributed by atoms with van der Waals surface area (Å²) in [6.45, 7) is 3.25. The van der Waals surface area contributed by atoms with E-state index in [0.717, 1.165) is 28.7 Å². The van der Waals surface area contributed by atoms with Crippen LogP contribution in [0.3, 0.4) is 0 Å². The molecule has 0 saturated carbocycles. The van der Waals surface area contributed by atoms with Crippen molar-refractivity contribution in [3.05, 3.63) is 54.6 Å². The fourth-order valence-corrected chi connectivity index (χ4v) is 5.55. The molecular formula is C20H25N5O2S. The summed E-state index contributed by atoms with van der Waals surface area (Å²) in [5.74, 6) is 0.400.